The van der Waals surface area contributed by atoms with Crippen molar-refractivity contribution in [3.63, 3.8) is 0 Å². The van der Waals surface area contributed by atoms with Crippen molar-refractivity contribution in [2.45, 2.75) is 52.4 Å². The van der Waals surface area contributed by atoms with Crippen LogP contribution in [0.2, 0.25) is 0 Å². The second-order valence-electron chi connectivity index (χ2n) is 8.75. The Morgan fingerprint density at radius 2 is 1.48 bits per heavy atom. The number of piperazine rings is 1. The number of nitrogens with zero attached hydrogens (tertiary/aromatic N) is 2. The van der Waals surface area contributed by atoms with Gasteiger partial charge in [0.2, 0.25) is 11.8 Å². The number of anilines is 1. The molecule has 0 atom stereocenters. The van der Waals surface area contributed by atoms with Crippen molar-refractivity contribution in [2.24, 2.45) is 5.41 Å². The van der Waals surface area contributed by atoms with Gasteiger partial charge in [-0.05, 0) is 42.9 Å². The lowest BCUT2D eigenvalue weighted by molar-refractivity contribution is -0.143. The molecule has 148 valence electrons. The van der Waals surface area contributed by atoms with Crippen LogP contribution in [-0.2, 0) is 9.59 Å². The molecule has 1 aliphatic heterocycles. The molecule has 0 aromatic heterocycles. The SMILES string of the molecule is CC(C)c1cccc(C(C)C)c1NC(=O)C1(C(=O)N2CCN(C)CC2)CC1. The van der Waals surface area contributed by atoms with E-state index in [1.807, 2.05) is 4.90 Å². The van der Waals surface area contributed by atoms with Gasteiger partial charge in [-0.2, -0.15) is 0 Å². The van der Waals surface area contributed by atoms with E-state index in [0.29, 0.717) is 37.8 Å². The highest BCUT2D eigenvalue weighted by Gasteiger charge is 2.58. The molecule has 1 aromatic carbocycles. The van der Waals surface area contributed by atoms with E-state index in [1.54, 1.807) is 0 Å². The van der Waals surface area contributed by atoms with Gasteiger partial charge < -0.3 is 15.1 Å². The van der Waals surface area contributed by atoms with Crippen molar-refractivity contribution in [3.8, 4) is 0 Å². The van der Waals surface area contributed by atoms with Gasteiger partial charge in [-0.15, -0.1) is 0 Å². The van der Waals surface area contributed by atoms with Crippen LogP contribution in [0.25, 0.3) is 0 Å². The minimum Gasteiger partial charge on any atom is -0.339 e. The fourth-order valence-corrected chi connectivity index (χ4v) is 3.90. The molecule has 27 heavy (non-hydrogen) atoms. The van der Waals surface area contributed by atoms with E-state index >= 15 is 0 Å². The molecule has 0 radical (unpaired) electrons. The molecular weight excluding hydrogens is 338 g/mol. The van der Waals surface area contributed by atoms with Crippen LogP contribution in [0.4, 0.5) is 5.69 Å². The molecule has 1 saturated heterocycles. The van der Waals surface area contributed by atoms with Crippen molar-refractivity contribution in [1.82, 2.24) is 9.80 Å². The maximum Gasteiger partial charge on any atom is 0.240 e. The summed E-state index contributed by atoms with van der Waals surface area (Å²) in [5.41, 5.74) is 2.33. The second kappa shape index (κ2) is 7.63. The predicted octanol–water partition coefficient (Wildman–Crippen LogP) is 3.43. The Bertz CT molecular complexity index is 688. The Labute approximate surface area is 163 Å². The first-order valence-corrected chi connectivity index (χ1v) is 10.2. The van der Waals surface area contributed by atoms with Crippen molar-refractivity contribution >= 4 is 17.5 Å². The van der Waals surface area contributed by atoms with Gasteiger partial charge in [-0.25, -0.2) is 0 Å². The van der Waals surface area contributed by atoms with Crippen molar-refractivity contribution in [3.05, 3.63) is 29.3 Å². The van der Waals surface area contributed by atoms with E-state index in [4.69, 9.17) is 0 Å². The maximum atomic E-state index is 13.2. The van der Waals surface area contributed by atoms with Crippen LogP contribution in [0.1, 0.15) is 63.5 Å². The molecule has 1 N–H and O–H groups in total. The number of benzene rings is 1. The molecule has 2 aliphatic rings. The summed E-state index contributed by atoms with van der Waals surface area (Å²) >= 11 is 0. The Morgan fingerprint density at radius 3 is 1.93 bits per heavy atom. The third-order valence-electron chi connectivity index (χ3n) is 6.00. The molecule has 2 fully saturated rings. The normalized spacial score (nSPS) is 19.4. The van der Waals surface area contributed by atoms with Crippen LogP contribution in [0.3, 0.4) is 0 Å². The number of nitrogens with one attached hydrogen (secondary N) is 1. The van der Waals surface area contributed by atoms with E-state index in [2.05, 4.69) is 63.2 Å². The van der Waals surface area contributed by atoms with E-state index in [1.165, 1.54) is 0 Å². The Morgan fingerprint density at radius 1 is 0.963 bits per heavy atom. The van der Waals surface area contributed by atoms with Crippen LogP contribution in [0.5, 0.6) is 0 Å². The van der Waals surface area contributed by atoms with E-state index in [-0.39, 0.29) is 11.8 Å². The number of hydrogen-bond donors (Lipinski definition) is 1. The molecule has 1 saturated carbocycles. The topological polar surface area (TPSA) is 52.7 Å². The lowest BCUT2D eigenvalue weighted by atomic mass is 9.92. The summed E-state index contributed by atoms with van der Waals surface area (Å²) in [6, 6.07) is 6.21. The van der Waals surface area contributed by atoms with Gasteiger partial charge in [0.1, 0.15) is 5.41 Å². The smallest absolute Gasteiger partial charge is 0.240 e. The fraction of sp³-hybridized carbons (Fsp3) is 0.636. The number of carbonyl (C=O) groups excluding carboxylic acids is 2. The first-order valence-electron chi connectivity index (χ1n) is 10.2. The van der Waals surface area contributed by atoms with Crippen molar-refractivity contribution < 1.29 is 9.59 Å². The summed E-state index contributed by atoms with van der Waals surface area (Å²) in [5, 5.41) is 3.18. The Kier molecular flexibility index (Phi) is 5.61. The van der Waals surface area contributed by atoms with Gasteiger partial charge in [0.25, 0.3) is 0 Å². The molecule has 0 bridgehead atoms. The van der Waals surface area contributed by atoms with Gasteiger partial charge in [0.15, 0.2) is 0 Å². The summed E-state index contributed by atoms with van der Waals surface area (Å²) < 4.78 is 0. The first kappa shape index (κ1) is 19.9. The number of carbonyl (C=O) groups is 2. The van der Waals surface area contributed by atoms with E-state index in [0.717, 1.165) is 29.9 Å². The highest BCUT2D eigenvalue weighted by Crippen LogP contribution is 2.49. The van der Waals surface area contributed by atoms with Crippen LogP contribution in [0, 0.1) is 5.41 Å². The van der Waals surface area contributed by atoms with Crippen LogP contribution in [0.15, 0.2) is 18.2 Å². The number of amides is 2. The number of para-hydroxylation sites is 1. The molecule has 0 spiro atoms. The standard InChI is InChI=1S/C22H33N3O2/c1-15(2)17-7-6-8-18(16(3)4)19(17)23-20(26)22(9-10-22)21(27)25-13-11-24(5)12-14-25/h6-8,15-16H,9-14H2,1-5H3,(H,23,26). The molecule has 1 aliphatic carbocycles. The summed E-state index contributed by atoms with van der Waals surface area (Å²) in [6.07, 6.45) is 1.32. The van der Waals surface area contributed by atoms with Gasteiger partial charge in [-0.1, -0.05) is 45.9 Å². The van der Waals surface area contributed by atoms with Gasteiger partial charge in [0.05, 0.1) is 0 Å². The molecule has 5 nitrogen and oxygen atoms in total. The molecule has 1 heterocycles. The average molecular weight is 372 g/mol. The van der Waals surface area contributed by atoms with Crippen LogP contribution in [-0.4, -0.2) is 54.8 Å². The molecule has 5 heteroatoms. The van der Waals surface area contributed by atoms with Gasteiger partial charge in [-0.3, -0.25) is 9.59 Å². The van der Waals surface area contributed by atoms with E-state index < -0.39 is 5.41 Å². The summed E-state index contributed by atoms with van der Waals surface area (Å²) in [6.45, 7) is 11.7. The summed E-state index contributed by atoms with van der Waals surface area (Å²) in [5.74, 6) is 0.507. The Balaban J connectivity index is 1.82. The zero-order valence-corrected chi connectivity index (χ0v) is 17.3. The highest BCUT2D eigenvalue weighted by atomic mass is 16.2. The number of hydrogen-bond acceptors (Lipinski definition) is 3. The van der Waals surface area contributed by atoms with Crippen molar-refractivity contribution in [1.29, 1.82) is 0 Å². The monoisotopic (exact) mass is 371 g/mol. The molecule has 0 unspecified atom stereocenters. The lowest BCUT2D eigenvalue weighted by Gasteiger charge is -2.34. The average Bonchev–Trinajstić information content (AvgIpc) is 3.43. The van der Waals surface area contributed by atoms with Gasteiger partial charge >= 0.3 is 0 Å². The van der Waals surface area contributed by atoms with Gasteiger partial charge in [0, 0.05) is 31.9 Å². The molecule has 2 amide bonds. The lowest BCUT2D eigenvalue weighted by Crippen LogP contribution is -2.51. The molecule has 1 aromatic rings. The zero-order chi connectivity index (χ0) is 19.8. The minimum atomic E-state index is -0.853. The van der Waals surface area contributed by atoms with E-state index in [9.17, 15) is 9.59 Å². The predicted molar refractivity (Wildman–Crippen MR) is 109 cm³/mol. The summed E-state index contributed by atoms with van der Waals surface area (Å²) in [7, 11) is 2.07. The fourth-order valence-electron chi connectivity index (χ4n) is 3.90. The quantitative estimate of drug-likeness (QED) is 0.807. The number of rotatable bonds is 5. The molecule has 3 rings (SSSR count). The van der Waals surface area contributed by atoms with Crippen LogP contribution < -0.4 is 5.32 Å². The summed E-state index contributed by atoms with van der Waals surface area (Å²) in [4.78, 5) is 30.4. The van der Waals surface area contributed by atoms with Crippen LogP contribution >= 0.6 is 0 Å². The minimum absolute atomic E-state index is 0.0150. The second-order valence-corrected chi connectivity index (χ2v) is 8.75. The largest absolute Gasteiger partial charge is 0.339 e. The first-order chi connectivity index (χ1) is 12.8. The zero-order valence-electron chi connectivity index (χ0n) is 17.3. The number of likely N-dealkylation sites (N-methyl/N-ethyl adjacent to an activating group) is 1. The molecular formula is C22H33N3O2. The maximum absolute atomic E-state index is 13.2. The Hall–Kier alpha value is -1.88. The third kappa shape index (κ3) is 3.88. The highest BCUT2D eigenvalue weighted by molar-refractivity contribution is 6.13. The third-order valence-corrected chi connectivity index (χ3v) is 6.00. The van der Waals surface area contributed by atoms with Crippen molar-refractivity contribution in [2.75, 3.05) is 38.5 Å².